The fraction of sp³-hybridized carbons (Fsp3) is 0.600. The van der Waals surface area contributed by atoms with Gasteiger partial charge in [-0.2, -0.15) is 0 Å². The van der Waals surface area contributed by atoms with Gasteiger partial charge in [0.2, 0.25) is 0 Å². The number of hydrogen-bond donors (Lipinski definition) is 1. The molecule has 0 saturated heterocycles. The average molecular weight is 377 g/mol. The highest BCUT2D eigenvalue weighted by Gasteiger charge is 2.57. The number of carbonyl (C=O) groups is 3. The Hall–Kier alpha value is -2.28. The van der Waals surface area contributed by atoms with Crippen molar-refractivity contribution < 1.29 is 29.0 Å². The van der Waals surface area contributed by atoms with Gasteiger partial charge in [0, 0.05) is 24.2 Å². The Bertz CT molecular complexity index is 690. The maximum absolute atomic E-state index is 12.8. The molecule has 148 valence electrons. The monoisotopic (exact) mass is 377 g/mol. The topological polar surface area (TPSA) is 103 Å². The first-order valence-electron chi connectivity index (χ1n) is 9.11. The average Bonchev–Trinajstić information content (AvgIpc) is 2.52. The van der Waals surface area contributed by atoms with Crippen LogP contribution in [0.3, 0.4) is 0 Å². The van der Waals surface area contributed by atoms with Crippen LogP contribution in [0.4, 0.5) is 0 Å². The molecule has 7 heteroatoms. The first kappa shape index (κ1) is 21.0. The van der Waals surface area contributed by atoms with Gasteiger partial charge >= 0.3 is 11.9 Å². The fourth-order valence-electron chi connectivity index (χ4n) is 3.56. The third kappa shape index (κ3) is 4.71. The summed E-state index contributed by atoms with van der Waals surface area (Å²) in [4.78, 5) is 42.5. The minimum Gasteiger partial charge on any atom is -0.463 e. The molecule has 0 radical (unpaired) electrons. The molecule has 2 rings (SSSR count). The number of aromatic nitrogens is 1. The van der Waals surface area contributed by atoms with Crippen LogP contribution in [0, 0.1) is 11.8 Å². The summed E-state index contributed by atoms with van der Waals surface area (Å²) in [6.45, 7) is 8.17. The zero-order valence-electron chi connectivity index (χ0n) is 16.3. The summed E-state index contributed by atoms with van der Waals surface area (Å²) < 4.78 is 10.6. The van der Waals surface area contributed by atoms with Crippen molar-refractivity contribution in [3.8, 4) is 0 Å². The molecule has 1 aromatic heterocycles. The molecule has 0 aliphatic heterocycles. The van der Waals surface area contributed by atoms with E-state index in [1.165, 1.54) is 13.1 Å². The number of esters is 2. The van der Waals surface area contributed by atoms with Crippen LogP contribution < -0.4 is 0 Å². The Morgan fingerprint density at radius 3 is 2.26 bits per heavy atom. The van der Waals surface area contributed by atoms with Crippen molar-refractivity contribution in [1.29, 1.82) is 0 Å². The molecule has 0 unspecified atom stereocenters. The lowest BCUT2D eigenvalue weighted by atomic mass is 9.62. The number of ether oxygens (including phenoxy) is 2. The zero-order chi connectivity index (χ0) is 20.4. The van der Waals surface area contributed by atoms with Gasteiger partial charge in [0.05, 0.1) is 23.7 Å². The highest BCUT2D eigenvalue weighted by atomic mass is 16.5. The van der Waals surface area contributed by atoms with E-state index in [1.807, 2.05) is 0 Å². The van der Waals surface area contributed by atoms with Crippen LogP contribution in [0.2, 0.25) is 0 Å². The first-order chi connectivity index (χ1) is 12.5. The minimum absolute atomic E-state index is 0.341. The van der Waals surface area contributed by atoms with Crippen LogP contribution in [0.5, 0.6) is 0 Å². The van der Waals surface area contributed by atoms with E-state index in [0.29, 0.717) is 5.69 Å². The van der Waals surface area contributed by atoms with E-state index in [0.717, 1.165) is 0 Å². The summed E-state index contributed by atoms with van der Waals surface area (Å²) in [5.41, 5.74) is -1.30. The Labute approximate surface area is 159 Å². The molecule has 0 amide bonds. The number of hydrogen-bond acceptors (Lipinski definition) is 7. The van der Waals surface area contributed by atoms with Gasteiger partial charge in [-0.3, -0.25) is 19.4 Å². The second kappa shape index (κ2) is 8.17. The maximum Gasteiger partial charge on any atom is 0.317 e. The number of pyridine rings is 1. The molecule has 0 spiro atoms. The third-order valence-corrected chi connectivity index (χ3v) is 4.51. The lowest BCUT2D eigenvalue weighted by Gasteiger charge is -2.43. The van der Waals surface area contributed by atoms with Gasteiger partial charge in [-0.1, -0.05) is 6.07 Å². The van der Waals surface area contributed by atoms with Crippen LogP contribution in [-0.2, 0) is 23.9 Å². The zero-order valence-corrected chi connectivity index (χ0v) is 16.3. The van der Waals surface area contributed by atoms with Crippen molar-refractivity contribution in [2.75, 3.05) is 0 Å². The standard InChI is InChI=1S/C20H27NO6/c1-11(2)26-18(23)16-14(22)10-20(5,25)17(19(24)27-12(3)4)15(16)13-8-6-7-9-21-13/h6-9,11-12,15-17,25H,10H2,1-5H3/t15-,16-,17+,20+/m1/s1. The molecule has 1 saturated carbocycles. The number of Topliss-reactive ketones (excluding diaryl/α,β-unsaturated/α-hetero) is 1. The number of rotatable bonds is 5. The van der Waals surface area contributed by atoms with Crippen molar-refractivity contribution in [1.82, 2.24) is 4.98 Å². The van der Waals surface area contributed by atoms with Crippen LogP contribution in [0.1, 0.15) is 52.7 Å². The van der Waals surface area contributed by atoms with E-state index in [-0.39, 0.29) is 6.42 Å². The molecule has 1 N–H and O–H groups in total. The Morgan fingerprint density at radius 2 is 1.74 bits per heavy atom. The molecule has 1 heterocycles. The van der Waals surface area contributed by atoms with Gasteiger partial charge in [0.1, 0.15) is 5.92 Å². The van der Waals surface area contributed by atoms with Crippen molar-refractivity contribution >= 4 is 17.7 Å². The van der Waals surface area contributed by atoms with Gasteiger partial charge in [-0.15, -0.1) is 0 Å². The smallest absolute Gasteiger partial charge is 0.317 e. The molecule has 1 aliphatic rings. The fourth-order valence-corrected chi connectivity index (χ4v) is 3.56. The van der Waals surface area contributed by atoms with Crippen LogP contribution >= 0.6 is 0 Å². The number of carbonyl (C=O) groups excluding carboxylic acids is 3. The predicted molar refractivity (Wildman–Crippen MR) is 96.7 cm³/mol. The van der Waals surface area contributed by atoms with E-state index in [9.17, 15) is 19.5 Å². The summed E-state index contributed by atoms with van der Waals surface area (Å²) in [6.07, 6.45) is 0.347. The van der Waals surface area contributed by atoms with E-state index >= 15 is 0 Å². The Kier molecular flexibility index (Phi) is 6.36. The molecule has 4 atom stereocenters. The first-order valence-corrected chi connectivity index (χ1v) is 9.11. The van der Waals surface area contributed by atoms with E-state index in [2.05, 4.69) is 4.98 Å². The second-order valence-electron chi connectivity index (χ2n) is 7.71. The molecule has 1 fully saturated rings. The normalized spacial score (nSPS) is 28.3. The SMILES string of the molecule is CC(C)OC(=O)[C@@H]1C(=O)C[C@](C)(O)[C@H](C(=O)OC(C)C)[C@@H]1c1ccccn1. The van der Waals surface area contributed by atoms with Crippen LogP contribution in [0.15, 0.2) is 24.4 Å². The van der Waals surface area contributed by atoms with E-state index in [4.69, 9.17) is 9.47 Å². The second-order valence-corrected chi connectivity index (χ2v) is 7.71. The minimum atomic E-state index is -1.67. The quantitative estimate of drug-likeness (QED) is 0.618. The maximum atomic E-state index is 12.8. The van der Waals surface area contributed by atoms with Gasteiger partial charge in [0.25, 0.3) is 0 Å². The molecular formula is C20H27NO6. The number of ketones is 1. The molecule has 1 aliphatic carbocycles. The molecule has 0 bridgehead atoms. The predicted octanol–water partition coefficient (Wildman–Crippen LogP) is 2.02. The molecule has 7 nitrogen and oxygen atoms in total. The summed E-state index contributed by atoms with van der Waals surface area (Å²) in [7, 11) is 0. The highest BCUT2D eigenvalue weighted by molar-refractivity contribution is 6.02. The largest absolute Gasteiger partial charge is 0.463 e. The van der Waals surface area contributed by atoms with Gasteiger partial charge in [-0.05, 0) is 46.8 Å². The van der Waals surface area contributed by atoms with Crippen LogP contribution in [0.25, 0.3) is 0 Å². The van der Waals surface area contributed by atoms with Gasteiger partial charge < -0.3 is 14.6 Å². The third-order valence-electron chi connectivity index (χ3n) is 4.51. The van der Waals surface area contributed by atoms with Crippen molar-refractivity contribution in [2.24, 2.45) is 11.8 Å². The molecule has 0 aromatic carbocycles. The van der Waals surface area contributed by atoms with Crippen LogP contribution in [-0.4, -0.2) is 45.6 Å². The summed E-state index contributed by atoms with van der Waals surface area (Å²) >= 11 is 0. The summed E-state index contributed by atoms with van der Waals surface area (Å²) in [6, 6.07) is 5.02. The van der Waals surface area contributed by atoms with Gasteiger partial charge in [-0.25, -0.2) is 0 Å². The molecule has 1 aromatic rings. The lowest BCUT2D eigenvalue weighted by Crippen LogP contribution is -2.55. The number of aliphatic hydroxyl groups is 1. The van der Waals surface area contributed by atoms with Crippen molar-refractivity contribution in [3.63, 3.8) is 0 Å². The summed E-state index contributed by atoms with van der Waals surface area (Å²) in [5, 5.41) is 10.9. The van der Waals surface area contributed by atoms with Crippen molar-refractivity contribution in [2.45, 2.75) is 64.8 Å². The Balaban J connectivity index is 2.57. The molecule has 27 heavy (non-hydrogen) atoms. The summed E-state index contributed by atoms with van der Waals surface area (Å²) in [5.74, 6) is -5.19. The molecular weight excluding hydrogens is 350 g/mol. The van der Waals surface area contributed by atoms with Crippen molar-refractivity contribution in [3.05, 3.63) is 30.1 Å². The van der Waals surface area contributed by atoms with E-state index in [1.54, 1.807) is 45.9 Å². The number of nitrogens with zero attached hydrogens (tertiary/aromatic N) is 1. The highest BCUT2D eigenvalue weighted by Crippen LogP contribution is 2.46. The Morgan fingerprint density at radius 1 is 1.15 bits per heavy atom. The lowest BCUT2D eigenvalue weighted by molar-refractivity contribution is -0.176. The van der Waals surface area contributed by atoms with Gasteiger partial charge in [0.15, 0.2) is 5.78 Å². The van der Waals surface area contributed by atoms with E-state index < -0.39 is 53.3 Å².